The fraction of sp³-hybridized carbons (Fsp3) is 1.00. The van der Waals surface area contributed by atoms with E-state index in [1.807, 2.05) is 0 Å². The van der Waals surface area contributed by atoms with Gasteiger partial charge < -0.3 is 5.32 Å². The van der Waals surface area contributed by atoms with Crippen LogP contribution in [0, 0.1) is 5.92 Å². The summed E-state index contributed by atoms with van der Waals surface area (Å²) in [7, 11) is 0. The molecule has 2 heteroatoms. The average molecular weight is 252 g/mol. The monoisotopic (exact) mass is 252 g/mol. The third-order valence-corrected chi connectivity index (χ3v) is 5.04. The molecular weight excluding hydrogens is 220 g/mol. The molecule has 1 saturated heterocycles. The molecule has 3 unspecified atom stereocenters. The summed E-state index contributed by atoms with van der Waals surface area (Å²) in [6, 6.07) is 2.28. The lowest BCUT2D eigenvalue weighted by atomic mass is 9.93. The zero-order valence-corrected chi connectivity index (χ0v) is 12.6. The number of hydrogen-bond acceptors (Lipinski definition) is 2. The second-order valence-electron chi connectivity index (χ2n) is 6.82. The van der Waals surface area contributed by atoms with Gasteiger partial charge >= 0.3 is 0 Å². The van der Waals surface area contributed by atoms with Gasteiger partial charge in [-0.15, -0.1) is 0 Å². The lowest BCUT2D eigenvalue weighted by Gasteiger charge is -2.41. The van der Waals surface area contributed by atoms with Gasteiger partial charge in [-0.2, -0.15) is 0 Å². The molecule has 2 aliphatic rings. The highest BCUT2D eigenvalue weighted by atomic mass is 15.2. The summed E-state index contributed by atoms with van der Waals surface area (Å²) in [6.07, 6.45) is 9.92. The van der Waals surface area contributed by atoms with Gasteiger partial charge in [0.25, 0.3) is 0 Å². The van der Waals surface area contributed by atoms with Crippen molar-refractivity contribution in [3.63, 3.8) is 0 Å². The molecule has 18 heavy (non-hydrogen) atoms. The Bertz CT molecular complexity index is 235. The summed E-state index contributed by atoms with van der Waals surface area (Å²) in [6.45, 7) is 9.70. The molecule has 1 saturated carbocycles. The highest BCUT2D eigenvalue weighted by Gasteiger charge is 2.26. The van der Waals surface area contributed by atoms with Crippen LogP contribution in [-0.2, 0) is 0 Å². The van der Waals surface area contributed by atoms with E-state index in [-0.39, 0.29) is 0 Å². The topological polar surface area (TPSA) is 15.3 Å². The van der Waals surface area contributed by atoms with Crippen LogP contribution in [0.2, 0.25) is 0 Å². The van der Waals surface area contributed by atoms with E-state index in [4.69, 9.17) is 0 Å². The molecule has 3 atom stereocenters. The summed E-state index contributed by atoms with van der Waals surface area (Å²) in [4.78, 5) is 2.73. The van der Waals surface area contributed by atoms with Crippen molar-refractivity contribution in [2.75, 3.05) is 13.1 Å². The average Bonchev–Trinajstić information content (AvgIpc) is 2.40. The first-order valence-electron chi connectivity index (χ1n) is 8.16. The van der Waals surface area contributed by atoms with Crippen LogP contribution in [0.1, 0.15) is 65.7 Å². The summed E-state index contributed by atoms with van der Waals surface area (Å²) < 4.78 is 0. The van der Waals surface area contributed by atoms with Gasteiger partial charge in [-0.05, 0) is 45.4 Å². The molecule has 1 N–H and O–H groups in total. The number of nitrogens with zero attached hydrogens (tertiary/aromatic N) is 1. The third kappa shape index (κ3) is 3.96. The van der Waals surface area contributed by atoms with Crippen molar-refractivity contribution < 1.29 is 0 Å². The van der Waals surface area contributed by atoms with Crippen molar-refractivity contribution in [2.45, 2.75) is 83.8 Å². The van der Waals surface area contributed by atoms with E-state index in [1.165, 1.54) is 58.0 Å². The number of hydrogen-bond donors (Lipinski definition) is 1. The van der Waals surface area contributed by atoms with Crippen LogP contribution in [-0.4, -0.2) is 36.1 Å². The minimum Gasteiger partial charge on any atom is -0.312 e. The smallest absolute Gasteiger partial charge is 0.0195 e. The first-order chi connectivity index (χ1) is 8.66. The van der Waals surface area contributed by atoms with E-state index in [9.17, 15) is 0 Å². The van der Waals surface area contributed by atoms with E-state index in [1.54, 1.807) is 0 Å². The highest BCUT2D eigenvalue weighted by Crippen LogP contribution is 2.23. The molecule has 1 aliphatic heterocycles. The Morgan fingerprint density at radius 2 is 1.78 bits per heavy atom. The van der Waals surface area contributed by atoms with Gasteiger partial charge in [0.2, 0.25) is 0 Å². The molecule has 1 heterocycles. The number of nitrogens with one attached hydrogen (secondary N) is 1. The van der Waals surface area contributed by atoms with Crippen molar-refractivity contribution in [1.29, 1.82) is 0 Å². The summed E-state index contributed by atoms with van der Waals surface area (Å²) >= 11 is 0. The normalized spacial score (nSPS) is 33.5. The van der Waals surface area contributed by atoms with Gasteiger partial charge in [0.05, 0.1) is 0 Å². The number of piperidine rings is 1. The van der Waals surface area contributed by atoms with Gasteiger partial charge in [0, 0.05) is 31.2 Å². The van der Waals surface area contributed by atoms with Crippen LogP contribution >= 0.6 is 0 Å². The second-order valence-corrected chi connectivity index (χ2v) is 6.82. The van der Waals surface area contributed by atoms with Crippen molar-refractivity contribution in [1.82, 2.24) is 10.2 Å². The summed E-state index contributed by atoms with van der Waals surface area (Å²) in [5, 5.41) is 3.81. The molecule has 2 rings (SSSR count). The first kappa shape index (κ1) is 14.3. The van der Waals surface area contributed by atoms with E-state index in [0.29, 0.717) is 6.04 Å². The van der Waals surface area contributed by atoms with E-state index in [0.717, 1.165) is 18.0 Å². The first-order valence-corrected chi connectivity index (χ1v) is 8.16. The SMILES string of the molecule is CC1CCC(C)N(C(C)CNC2CCCCC2)C1. The quantitative estimate of drug-likeness (QED) is 0.825. The molecule has 0 aromatic carbocycles. The van der Waals surface area contributed by atoms with Gasteiger partial charge in [-0.3, -0.25) is 4.90 Å². The minimum atomic E-state index is 0.699. The molecular formula is C16H32N2. The van der Waals surface area contributed by atoms with Crippen LogP contribution < -0.4 is 5.32 Å². The van der Waals surface area contributed by atoms with Crippen LogP contribution in [0.4, 0.5) is 0 Å². The Labute approximate surface area is 114 Å². The lowest BCUT2D eigenvalue weighted by Crippen LogP contribution is -2.51. The van der Waals surface area contributed by atoms with Crippen LogP contribution in [0.25, 0.3) is 0 Å². The predicted molar refractivity (Wildman–Crippen MR) is 78.9 cm³/mol. The maximum Gasteiger partial charge on any atom is 0.0195 e. The Balaban J connectivity index is 1.73. The van der Waals surface area contributed by atoms with Gasteiger partial charge in [0.15, 0.2) is 0 Å². The maximum absolute atomic E-state index is 3.81. The zero-order chi connectivity index (χ0) is 13.0. The van der Waals surface area contributed by atoms with Crippen LogP contribution in [0.3, 0.4) is 0 Å². The van der Waals surface area contributed by atoms with Crippen molar-refractivity contribution in [3.8, 4) is 0 Å². The van der Waals surface area contributed by atoms with Crippen molar-refractivity contribution >= 4 is 0 Å². The van der Waals surface area contributed by atoms with E-state index in [2.05, 4.69) is 31.0 Å². The molecule has 0 spiro atoms. The molecule has 0 aromatic heterocycles. The second kappa shape index (κ2) is 6.91. The molecule has 0 bridgehead atoms. The van der Waals surface area contributed by atoms with Crippen molar-refractivity contribution in [3.05, 3.63) is 0 Å². The van der Waals surface area contributed by atoms with Gasteiger partial charge in [0.1, 0.15) is 0 Å². The van der Waals surface area contributed by atoms with Crippen molar-refractivity contribution in [2.24, 2.45) is 5.92 Å². The summed E-state index contributed by atoms with van der Waals surface area (Å²) in [5.74, 6) is 0.887. The minimum absolute atomic E-state index is 0.699. The molecule has 2 fully saturated rings. The number of likely N-dealkylation sites (tertiary alicyclic amines) is 1. The third-order valence-electron chi connectivity index (χ3n) is 5.04. The Morgan fingerprint density at radius 3 is 2.50 bits per heavy atom. The van der Waals surface area contributed by atoms with E-state index < -0.39 is 0 Å². The van der Waals surface area contributed by atoms with Crippen LogP contribution in [0.5, 0.6) is 0 Å². The highest BCUT2D eigenvalue weighted by molar-refractivity contribution is 4.83. The molecule has 0 radical (unpaired) electrons. The molecule has 0 amide bonds. The Hall–Kier alpha value is -0.0800. The van der Waals surface area contributed by atoms with Gasteiger partial charge in [-0.1, -0.05) is 26.2 Å². The molecule has 106 valence electrons. The van der Waals surface area contributed by atoms with E-state index >= 15 is 0 Å². The maximum atomic E-state index is 3.81. The molecule has 0 aromatic rings. The largest absolute Gasteiger partial charge is 0.312 e. The van der Waals surface area contributed by atoms with Crippen LogP contribution in [0.15, 0.2) is 0 Å². The number of rotatable bonds is 4. The fourth-order valence-corrected chi connectivity index (χ4v) is 3.70. The predicted octanol–water partition coefficient (Wildman–Crippen LogP) is 3.42. The standard InChI is InChI=1S/C16H32N2/c1-13-9-10-14(2)18(12-13)15(3)11-17-16-7-5-4-6-8-16/h13-17H,4-12H2,1-3H3. The molecule has 2 nitrogen and oxygen atoms in total. The fourth-order valence-electron chi connectivity index (χ4n) is 3.70. The Morgan fingerprint density at radius 1 is 1.06 bits per heavy atom. The zero-order valence-electron chi connectivity index (χ0n) is 12.6. The Kier molecular flexibility index (Phi) is 5.50. The molecule has 1 aliphatic carbocycles. The van der Waals surface area contributed by atoms with Gasteiger partial charge in [-0.25, -0.2) is 0 Å². The summed E-state index contributed by atoms with van der Waals surface area (Å²) in [5.41, 5.74) is 0. The lowest BCUT2D eigenvalue weighted by molar-refractivity contribution is 0.0819.